The van der Waals surface area contributed by atoms with Gasteiger partial charge in [-0.25, -0.2) is 9.59 Å². The summed E-state index contributed by atoms with van der Waals surface area (Å²) in [5.74, 6) is -4.25. The number of amides is 2. The second kappa shape index (κ2) is 10.9. The number of thiophene rings is 1. The van der Waals surface area contributed by atoms with Gasteiger partial charge in [-0.2, -0.15) is 0 Å². The van der Waals surface area contributed by atoms with Gasteiger partial charge in [0, 0.05) is 25.0 Å². The van der Waals surface area contributed by atoms with Crippen LogP contribution in [0.25, 0.3) is 0 Å². The Labute approximate surface area is 171 Å². The van der Waals surface area contributed by atoms with Crippen LogP contribution < -0.4 is 10.6 Å². The maximum Gasteiger partial charge on any atom is 0.394 e. The van der Waals surface area contributed by atoms with Crippen molar-refractivity contribution in [2.75, 3.05) is 38.8 Å². The number of nitrogens with one attached hydrogen (secondary N) is 2. The van der Waals surface area contributed by atoms with Gasteiger partial charge < -0.3 is 30.3 Å². The summed E-state index contributed by atoms with van der Waals surface area (Å²) in [7, 11) is 1.58. The van der Waals surface area contributed by atoms with Gasteiger partial charge in [0.25, 0.3) is 0 Å². The molecule has 29 heavy (non-hydrogen) atoms. The number of anilines is 1. The Hall–Kier alpha value is -2.50. The van der Waals surface area contributed by atoms with Gasteiger partial charge in [-0.3, -0.25) is 9.59 Å². The molecule has 0 radical (unpaired) electrons. The highest BCUT2D eigenvalue weighted by molar-refractivity contribution is 7.17. The molecular weight excluding hydrogens is 404 g/mol. The summed E-state index contributed by atoms with van der Waals surface area (Å²) in [6.07, 6.45) is 1.89. The van der Waals surface area contributed by atoms with Crippen molar-refractivity contribution in [3.63, 3.8) is 0 Å². The van der Waals surface area contributed by atoms with E-state index in [9.17, 15) is 24.3 Å². The normalized spacial score (nSPS) is 15.4. The van der Waals surface area contributed by atoms with Crippen molar-refractivity contribution in [2.45, 2.75) is 25.7 Å². The van der Waals surface area contributed by atoms with Gasteiger partial charge in [0.15, 0.2) is 0 Å². The van der Waals surface area contributed by atoms with Crippen molar-refractivity contribution in [1.82, 2.24) is 5.32 Å². The highest BCUT2D eigenvalue weighted by atomic mass is 32.1. The van der Waals surface area contributed by atoms with Crippen LogP contribution in [0.5, 0.6) is 0 Å². The number of carboxylic acid groups (broad SMARTS) is 2. The molecule has 1 atom stereocenters. The predicted octanol–water partition coefficient (Wildman–Crippen LogP) is 0.744. The monoisotopic (exact) mass is 428 g/mol. The summed E-state index contributed by atoms with van der Waals surface area (Å²) in [4.78, 5) is 46.6. The van der Waals surface area contributed by atoms with E-state index in [2.05, 4.69) is 10.6 Å². The average Bonchev–Trinajstić information content (AvgIpc) is 3.01. The number of carboxylic acids is 2. The number of hydrogen-bond donors (Lipinski definition) is 4. The minimum atomic E-state index is -1.69. The van der Waals surface area contributed by atoms with E-state index in [0.29, 0.717) is 57.6 Å². The number of hydrogen-bond acceptors (Lipinski definition) is 7. The standard InChI is InChI=1S/C18H24N2O8S/c1-27-6-7-28-5-4-19-13(21)9-10-2-3-11-12(8-10)29-16(14(11)17(23)24)20-15(22)18(25)26/h10H,2-9H2,1H3,(H,19,21)(H,20,22)(H,23,24)(H,25,26). The van der Waals surface area contributed by atoms with Gasteiger partial charge in [0.05, 0.1) is 25.4 Å². The third kappa shape index (κ3) is 6.51. The smallest absolute Gasteiger partial charge is 0.394 e. The third-order valence-corrected chi connectivity index (χ3v) is 5.65. The molecule has 0 aromatic carbocycles. The van der Waals surface area contributed by atoms with E-state index in [-0.39, 0.29) is 22.4 Å². The summed E-state index contributed by atoms with van der Waals surface area (Å²) < 4.78 is 10.1. The summed E-state index contributed by atoms with van der Waals surface area (Å²) in [5, 5.41) is 23.2. The Morgan fingerprint density at radius 1 is 1.17 bits per heavy atom. The second-order valence-corrected chi connectivity index (χ2v) is 7.65. The molecule has 1 unspecified atom stereocenters. The fraction of sp³-hybridized carbons (Fsp3) is 0.556. The first kappa shape index (κ1) is 22.8. The minimum Gasteiger partial charge on any atom is -0.478 e. The second-order valence-electron chi connectivity index (χ2n) is 6.54. The third-order valence-electron chi connectivity index (χ3n) is 4.48. The predicted molar refractivity (Wildman–Crippen MR) is 103 cm³/mol. The van der Waals surface area contributed by atoms with E-state index in [1.807, 2.05) is 0 Å². The van der Waals surface area contributed by atoms with Crippen LogP contribution in [0.15, 0.2) is 0 Å². The number of fused-ring (bicyclic) bond motifs is 1. The zero-order valence-corrected chi connectivity index (χ0v) is 16.8. The summed E-state index contributed by atoms with van der Waals surface area (Å²) in [5.41, 5.74) is 0.544. The summed E-state index contributed by atoms with van der Waals surface area (Å²) in [6, 6.07) is 0. The SMILES string of the molecule is COCCOCCNC(=O)CC1CCc2c(sc(NC(=O)C(=O)O)c2C(=O)O)C1. The van der Waals surface area contributed by atoms with Crippen LogP contribution >= 0.6 is 11.3 Å². The zero-order chi connectivity index (χ0) is 21.4. The lowest BCUT2D eigenvalue weighted by molar-refractivity contribution is -0.147. The van der Waals surface area contributed by atoms with Crippen LogP contribution in [-0.4, -0.2) is 67.4 Å². The first-order chi connectivity index (χ1) is 13.8. The van der Waals surface area contributed by atoms with Gasteiger partial charge in [0.1, 0.15) is 5.00 Å². The van der Waals surface area contributed by atoms with Crippen molar-refractivity contribution in [3.05, 3.63) is 16.0 Å². The number of carbonyl (C=O) groups is 4. The van der Waals surface area contributed by atoms with E-state index in [4.69, 9.17) is 14.6 Å². The number of carbonyl (C=O) groups excluding carboxylic acids is 2. The topological polar surface area (TPSA) is 151 Å². The van der Waals surface area contributed by atoms with Crippen molar-refractivity contribution < 1.29 is 38.9 Å². The Morgan fingerprint density at radius 2 is 1.93 bits per heavy atom. The molecule has 0 saturated carbocycles. The molecular formula is C18H24N2O8S. The maximum atomic E-state index is 12.1. The number of aliphatic carboxylic acids is 1. The lowest BCUT2D eigenvalue weighted by Gasteiger charge is -2.22. The van der Waals surface area contributed by atoms with Gasteiger partial charge in [-0.05, 0) is 30.7 Å². The molecule has 1 aliphatic rings. The van der Waals surface area contributed by atoms with Gasteiger partial charge in [0.2, 0.25) is 5.91 Å². The van der Waals surface area contributed by atoms with Gasteiger partial charge >= 0.3 is 17.8 Å². The highest BCUT2D eigenvalue weighted by Crippen LogP contribution is 2.40. The van der Waals surface area contributed by atoms with Gasteiger partial charge in [-0.1, -0.05) is 0 Å². The van der Waals surface area contributed by atoms with Gasteiger partial charge in [-0.15, -0.1) is 11.3 Å². The lowest BCUT2D eigenvalue weighted by atomic mass is 9.85. The first-order valence-electron chi connectivity index (χ1n) is 9.09. The molecule has 0 bridgehead atoms. The molecule has 1 heterocycles. The highest BCUT2D eigenvalue weighted by Gasteiger charge is 2.30. The Balaban J connectivity index is 1.93. The Kier molecular flexibility index (Phi) is 8.55. The fourth-order valence-electron chi connectivity index (χ4n) is 3.14. The minimum absolute atomic E-state index is 0.0215. The molecule has 2 rings (SSSR count). The number of rotatable bonds is 10. The Morgan fingerprint density at radius 3 is 2.59 bits per heavy atom. The van der Waals surface area contributed by atoms with Crippen molar-refractivity contribution in [3.8, 4) is 0 Å². The van der Waals surface area contributed by atoms with E-state index in [1.54, 1.807) is 7.11 Å². The van der Waals surface area contributed by atoms with Crippen molar-refractivity contribution in [2.24, 2.45) is 5.92 Å². The lowest BCUT2D eigenvalue weighted by Crippen LogP contribution is -2.30. The van der Waals surface area contributed by atoms with E-state index in [0.717, 1.165) is 16.2 Å². The maximum absolute atomic E-state index is 12.1. The average molecular weight is 428 g/mol. The first-order valence-corrected chi connectivity index (χ1v) is 9.90. The molecule has 10 nitrogen and oxygen atoms in total. The van der Waals surface area contributed by atoms with Crippen LogP contribution in [0.1, 0.15) is 33.6 Å². The van der Waals surface area contributed by atoms with Crippen LogP contribution in [0.2, 0.25) is 0 Å². The molecule has 1 aromatic rings. The molecule has 0 aliphatic heterocycles. The molecule has 1 aliphatic carbocycles. The van der Waals surface area contributed by atoms with E-state index < -0.39 is 17.8 Å². The van der Waals surface area contributed by atoms with E-state index in [1.165, 1.54) is 0 Å². The van der Waals surface area contributed by atoms with Crippen LogP contribution in [0.4, 0.5) is 5.00 Å². The summed E-state index contributed by atoms with van der Waals surface area (Å²) in [6.45, 7) is 1.74. The molecule has 2 amide bonds. The number of aromatic carboxylic acids is 1. The number of methoxy groups -OCH3 is 1. The molecule has 0 fully saturated rings. The van der Waals surface area contributed by atoms with Crippen molar-refractivity contribution >= 4 is 40.1 Å². The van der Waals surface area contributed by atoms with Crippen LogP contribution in [-0.2, 0) is 36.7 Å². The number of ether oxygens (including phenoxy) is 2. The van der Waals surface area contributed by atoms with Crippen LogP contribution in [0.3, 0.4) is 0 Å². The quantitative estimate of drug-likeness (QED) is 0.315. The molecule has 0 spiro atoms. The largest absolute Gasteiger partial charge is 0.478 e. The molecule has 11 heteroatoms. The summed E-state index contributed by atoms with van der Waals surface area (Å²) >= 11 is 1.06. The fourth-order valence-corrected chi connectivity index (χ4v) is 4.49. The van der Waals surface area contributed by atoms with E-state index >= 15 is 0 Å². The molecule has 0 saturated heterocycles. The van der Waals surface area contributed by atoms with Crippen molar-refractivity contribution in [1.29, 1.82) is 0 Å². The Bertz CT molecular complexity index is 776. The zero-order valence-electron chi connectivity index (χ0n) is 16.0. The van der Waals surface area contributed by atoms with Crippen LogP contribution in [0, 0.1) is 5.92 Å². The molecule has 160 valence electrons. The molecule has 4 N–H and O–H groups in total. The molecule has 1 aromatic heterocycles.